The molecule has 3 aromatic rings. The maximum atomic E-state index is 13.0. The molecule has 0 spiro atoms. The summed E-state index contributed by atoms with van der Waals surface area (Å²) in [6.45, 7) is 1.73. The molecular formula is C22H25N3O. The number of carbonyl (C=O) groups is 1. The first kappa shape index (κ1) is 16.9. The number of nitrogens with zero attached hydrogens (tertiary/aromatic N) is 1. The summed E-state index contributed by atoms with van der Waals surface area (Å²) < 4.78 is 0. The third kappa shape index (κ3) is 3.25. The van der Waals surface area contributed by atoms with Gasteiger partial charge in [-0.25, -0.2) is 0 Å². The van der Waals surface area contributed by atoms with E-state index in [4.69, 9.17) is 0 Å². The summed E-state index contributed by atoms with van der Waals surface area (Å²) in [5.74, 6) is 0.676. The first-order valence-corrected chi connectivity index (χ1v) is 9.34. The average molecular weight is 347 g/mol. The van der Waals surface area contributed by atoms with E-state index in [1.165, 1.54) is 16.5 Å². The molecule has 1 atom stereocenters. The molecule has 0 bridgehead atoms. The molecule has 2 heterocycles. The van der Waals surface area contributed by atoms with Crippen molar-refractivity contribution >= 4 is 22.5 Å². The number of benzene rings is 2. The van der Waals surface area contributed by atoms with Crippen molar-refractivity contribution in [2.75, 3.05) is 25.0 Å². The molecule has 0 radical (unpaired) electrons. The van der Waals surface area contributed by atoms with Gasteiger partial charge in [-0.15, -0.1) is 0 Å². The second-order valence-corrected chi connectivity index (χ2v) is 7.12. The molecule has 2 N–H and O–H groups in total. The van der Waals surface area contributed by atoms with Crippen LogP contribution in [0.15, 0.2) is 54.7 Å². The van der Waals surface area contributed by atoms with Crippen LogP contribution in [-0.2, 0) is 17.6 Å². The number of carbonyl (C=O) groups excluding carboxylic acids is 1. The number of aromatic nitrogens is 1. The van der Waals surface area contributed by atoms with Crippen LogP contribution >= 0.6 is 0 Å². The molecule has 0 fully saturated rings. The Balaban J connectivity index is 1.51. The second kappa shape index (κ2) is 7.34. The van der Waals surface area contributed by atoms with Gasteiger partial charge in [0, 0.05) is 35.8 Å². The van der Waals surface area contributed by atoms with Crippen molar-refractivity contribution < 1.29 is 4.79 Å². The highest BCUT2D eigenvalue weighted by molar-refractivity contribution is 5.95. The molecule has 1 aliphatic heterocycles. The van der Waals surface area contributed by atoms with Crippen molar-refractivity contribution in [2.24, 2.45) is 5.92 Å². The minimum absolute atomic E-state index is 0.212. The van der Waals surface area contributed by atoms with Gasteiger partial charge in [0.1, 0.15) is 0 Å². The van der Waals surface area contributed by atoms with Gasteiger partial charge in [-0.1, -0.05) is 36.4 Å². The van der Waals surface area contributed by atoms with E-state index < -0.39 is 0 Å². The predicted octanol–water partition coefficient (Wildman–Crippen LogP) is 3.53. The lowest BCUT2D eigenvalue weighted by Crippen LogP contribution is -2.42. The quantitative estimate of drug-likeness (QED) is 0.742. The molecule has 134 valence electrons. The van der Waals surface area contributed by atoms with Crippen molar-refractivity contribution in [1.82, 2.24) is 10.3 Å². The molecule has 26 heavy (non-hydrogen) atoms. The van der Waals surface area contributed by atoms with E-state index >= 15 is 0 Å². The Morgan fingerprint density at radius 1 is 1.19 bits per heavy atom. The minimum Gasteiger partial charge on any atom is -0.361 e. The Morgan fingerprint density at radius 3 is 2.88 bits per heavy atom. The van der Waals surface area contributed by atoms with Crippen LogP contribution in [0.25, 0.3) is 10.9 Å². The number of anilines is 1. The average Bonchev–Trinajstić information content (AvgIpc) is 3.09. The van der Waals surface area contributed by atoms with Crippen molar-refractivity contribution in [3.05, 3.63) is 65.9 Å². The van der Waals surface area contributed by atoms with Crippen LogP contribution in [0.3, 0.4) is 0 Å². The number of H-pyrrole nitrogens is 1. The Bertz CT molecular complexity index is 914. The first-order chi connectivity index (χ1) is 12.8. The second-order valence-electron chi connectivity index (χ2n) is 7.12. The highest BCUT2D eigenvalue weighted by Crippen LogP contribution is 2.30. The van der Waals surface area contributed by atoms with Gasteiger partial charge in [-0.3, -0.25) is 4.79 Å². The topological polar surface area (TPSA) is 48.1 Å². The summed E-state index contributed by atoms with van der Waals surface area (Å²) in [6.07, 6.45) is 4.36. The molecule has 0 saturated carbocycles. The summed E-state index contributed by atoms with van der Waals surface area (Å²) >= 11 is 0. The number of amides is 1. The number of hydrogen-bond acceptors (Lipinski definition) is 2. The van der Waals surface area contributed by atoms with Gasteiger partial charge in [0.25, 0.3) is 0 Å². The van der Waals surface area contributed by atoms with Crippen LogP contribution in [0.1, 0.15) is 17.5 Å². The van der Waals surface area contributed by atoms with E-state index in [1.807, 2.05) is 36.3 Å². The zero-order chi connectivity index (χ0) is 17.9. The van der Waals surface area contributed by atoms with Crippen molar-refractivity contribution in [2.45, 2.75) is 19.3 Å². The molecule has 4 heteroatoms. The molecule has 4 rings (SSSR count). The van der Waals surface area contributed by atoms with Gasteiger partial charge >= 0.3 is 0 Å². The molecule has 4 nitrogen and oxygen atoms in total. The van der Waals surface area contributed by atoms with E-state index in [2.05, 4.69) is 40.6 Å². The summed E-state index contributed by atoms with van der Waals surface area (Å²) in [6, 6.07) is 16.6. The minimum atomic E-state index is 0.212. The highest BCUT2D eigenvalue weighted by Gasteiger charge is 2.27. The van der Waals surface area contributed by atoms with Crippen molar-refractivity contribution in [3.63, 3.8) is 0 Å². The van der Waals surface area contributed by atoms with E-state index in [-0.39, 0.29) is 5.91 Å². The molecule has 2 aromatic carbocycles. The monoisotopic (exact) mass is 347 g/mol. The van der Waals surface area contributed by atoms with Crippen molar-refractivity contribution in [1.29, 1.82) is 0 Å². The zero-order valence-corrected chi connectivity index (χ0v) is 15.2. The van der Waals surface area contributed by atoms with E-state index in [1.54, 1.807) is 0 Å². The zero-order valence-electron chi connectivity index (χ0n) is 15.2. The first-order valence-electron chi connectivity index (χ1n) is 9.34. The lowest BCUT2D eigenvalue weighted by Gasteiger charge is -2.34. The van der Waals surface area contributed by atoms with Crippen molar-refractivity contribution in [3.8, 4) is 0 Å². The molecule has 0 aliphatic carbocycles. The molecule has 0 saturated heterocycles. The number of fused-ring (bicyclic) bond motifs is 2. The van der Waals surface area contributed by atoms with E-state index in [9.17, 15) is 4.79 Å². The molecule has 1 aliphatic rings. The van der Waals surface area contributed by atoms with E-state index in [0.717, 1.165) is 37.1 Å². The van der Waals surface area contributed by atoms with Gasteiger partial charge in [-0.2, -0.15) is 0 Å². The van der Waals surface area contributed by atoms with Crippen LogP contribution in [0.2, 0.25) is 0 Å². The molecule has 1 aromatic heterocycles. The fraction of sp³-hybridized carbons (Fsp3) is 0.318. The normalized spacial score (nSPS) is 16.7. The predicted molar refractivity (Wildman–Crippen MR) is 107 cm³/mol. The Labute approximate surface area is 154 Å². The largest absolute Gasteiger partial charge is 0.361 e. The van der Waals surface area contributed by atoms with Crippen LogP contribution in [0.4, 0.5) is 5.69 Å². The molecule has 1 amide bonds. The smallest absolute Gasteiger partial charge is 0.227 e. The summed E-state index contributed by atoms with van der Waals surface area (Å²) in [5.41, 5.74) is 4.71. The maximum Gasteiger partial charge on any atom is 0.227 e. The third-order valence-corrected chi connectivity index (χ3v) is 5.31. The van der Waals surface area contributed by atoms with Gasteiger partial charge in [0.2, 0.25) is 5.91 Å². The summed E-state index contributed by atoms with van der Waals surface area (Å²) in [7, 11) is 1.98. The number of nitrogens with one attached hydrogen (secondary N) is 2. The highest BCUT2D eigenvalue weighted by atomic mass is 16.2. The van der Waals surface area contributed by atoms with Gasteiger partial charge in [0.15, 0.2) is 0 Å². The van der Waals surface area contributed by atoms with Gasteiger partial charge in [0.05, 0.1) is 0 Å². The van der Waals surface area contributed by atoms with Crippen LogP contribution in [-0.4, -0.2) is 31.0 Å². The van der Waals surface area contributed by atoms with Gasteiger partial charge < -0.3 is 15.2 Å². The lowest BCUT2D eigenvalue weighted by molar-refractivity contribution is -0.118. The number of rotatable bonds is 5. The lowest BCUT2D eigenvalue weighted by atomic mass is 9.92. The number of hydrogen-bond donors (Lipinski definition) is 2. The Morgan fingerprint density at radius 2 is 2.00 bits per heavy atom. The number of para-hydroxylation sites is 2. The van der Waals surface area contributed by atoms with Crippen LogP contribution in [0, 0.1) is 5.92 Å². The number of aromatic amines is 1. The fourth-order valence-corrected chi connectivity index (χ4v) is 4.06. The fourth-order valence-electron chi connectivity index (χ4n) is 4.06. The maximum absolute atomic E-state index is 13.0. The standard InChI is InChI=1S/C22H25N3O/c1-23-13-16-12-17-6-2-5-9-21(17)25(15-16)22(26)11-10-18-14-24-20-8-4-3-7-19(18)20/h2-9,14,16,23-24H,10-13,15H2,1H3/t16-/m1/s1. The number of aryl methyl sites for hydroxylation is 1. The molecule has 0 unspecified atom stereocenters. The van der Waals surface area contributed by atoms with Crippen LogP contribution in [0.5, 0.6) is 0 Å². The third-order valence-electron chi connectivity index (χ3n) is 5.31. The summed E-state index contributed by atoms with van der Waals surface area (Å²) in [4.78, 5) is 18.3. The SMILES string of the molecule is CNC[C@H]1Cc2ccccc2N(C(=O)CCc2c[nH]c3ccccc23)C1. The Kier molecular flexibility index (Phi) is 4.76. The summed E-state index contributed by atoms with van der Waals surface area (Å²) in [5, 5.41) is 4.48. The molecular weight excluding hydrogens is 322 g/mol. The van der Waals surface area contributed by atoms with E-state index in [0.29, 0.717) is 12.3 Å². The van der Waals surface area contributed by atoms with Gasteiger partial charge in [-0.05, 0) is 55.6 Å². The Hall–Kier alpha value is -2.59. The van der Waals surface area contributed by atoms with Crippen LogP contribution < -0.4 is 10.2 Å².